The van der Waals surface area contributed by atoms with E-state index in [9.17, 15) is 21.8 Å². The van der Waals surface area contributed by atoms with Crippen molar-refractivity contribution in [2.75, 3.05) is 24.6 Å². The van der Waals surface area contributed by atoms with Crippen molar-refractivity contribution in [3.8, 4) is 22.7 Å². The van der Waals surface area contributed by atoms with Crippen LogP contribution in [-0.2, 0) is 24.3 Å². The van der Waals surface area contributed by atoms with E-state index in [2.05, 4.69) is 28.6 Å². The molecule has 3 aromatic heterocycles. The quantitative estimate of drug-likeness (QED) is 0.288. The van der Waals surface area contributed by atoms with Crippen molar-refractivity contribution >= 4 is 21.8 Å². The van der Waals surface area contributed by atoms with Crippen molar-refractivity contribution in [1.82, 2.24) is 24.2 Å². The predicted molar refractivity (Wildman–Crippen MR) is 142 cm³/mol. The highest BCUT2D eigenvalue weighted by Crippen LogP contribution is 2.33. The van der Waals surface area contributed by atoms with Gasteiger partial charge in [-0.3, -0.25) is 18.4 Å². The molecule has 1 aromatic carbocycles. The van der Waals surface area contributed by atoms with E-state index in [1.165, 1.54) is 6.07 Å². The third-order valence-corrected chi connectivity index (χ3v) is 8.47. The highest BCUT2D eigenvalue weighted by Gasteiger charge is 2.33. The SMILES string of the molecule is Cn1cc(-n2cc(CCC(C)(C)N3CCS(=O)CC3)c3ccc(-c4ccc(OC(F)(F)F)c(F)c4)nc32)cn1. The summed E-state index contributed by atoms with van der Waals surface area (Å²) in [7, 11) is 1.08. The summed E-state index contributed by atoms with van der Waals surface area (Å²) in [4.78, 5) is 7.19. The lowest BCUT2D eigenvalue weighted by Gasteiger charge is -2.40. The molecule has 208 valence electrons. The van der Waals surface area contributed by atoms with E-state index in [1.54, 1.807) is 16.9 Å². The van der Waals surface area contributed by atoms with Gasteiger partial charge in [-0.05, 0) is 62.6 Å². The van der Waals surface area contributed by atoms with E-state index >= 15 is 0 Å². The third-order valence-electron chi connectivity index (χ3n) is 7.20. The number of halogens is 4. The Morgan fingerprint density at radius 1 is 1.08 bits per heavy atom. The van der Waals surface area contributed by atoms with Gasteiger partial charge in [0, 0.05) is 71.3 Å². The first-order valence-electron chi connectivity index (χ1n) is 12.6. The Kier molecular flexibility index (Phi) is 7.27. The molecule has 39 heavy (non-hydrogen) atoms. The van der Waals surface area contributed by atoms with E-state index in [-0.39, 0.29) is 5.54 Å². The number of aromatic nitrogens is 4. The molecule has 0 amide bonds. The van der Waals surface area contributed by atoms with E-state index in [1.807, 2.05) is 30.1 Å². The number of rotatable bonds is 7. The molecule has 1 fully saturated rings. The van der Waals surface area contributed by atoms with Crippen LogP contribution in [0, 0.1) is 5.82 Å². The van der Waals surface area contributed by atoms with Crippen LogP contribution in [0.4, 0.5) is 17.6 Å². The van der Waals surface area contributed by atoms with Crippen LogP contribution in [-0.4, -0.2) is 64.9 Å². The van der Waals surface area contributed by atoms with Crippen molar-refractivity contribution < 1.29 is 26.5 Å². The fraction of sp³-hybridized carbons (Fsp3) is 0.407. The minimum absolute atomic E-state index is 0.0848. The lowest BCUT2D eigenvalue weighted by molar-refractivity contribution is -0.275. The van der Waals surface area contributed by atoms with Crippen molar-refractivity contribution in [2.45, 2.75) is 38.6 Å². The summed E-state index contributed by atoms with van der Waals surface area (Å²) in [6.07, 6.45) is 2.27. The molecule has 12 heteroatoms. The van der Waals surface area contributed by atoms with Gasteiger partial charge in [0.1, 0.15) is 5.65 Å². The van der Waals surface area contributed by atoms with Gasteiger partial charge in [-0.1, -0.05) is 0 Å². The number of hydrogen-bond donors (Lipinski definition) is 0. The van der Waals surface area contributed by atoms with Gasteiger partial charge in [-0.2, -0.15) is 5.10 Å². The van der Waals surface area contributed by atoms with Crippen LogP contribution in [0.5, 0.6) is 5.75 Å². The molecule has 1 aliphatic heterocycles. The summed E-state index contributed by atoms with van der Waals surface area (Å²) in [5.74, 6) is -0.629. The maximum Gasteiger partial charge on any atom is 0.573 e. The van der Waals surface area contributed by atoms with Crippen LogP contribution in [0.25, 0.3) is 28.0 Å². The van der Waals surface area contributed by atoms with Gasteiger partial charge in [-0.15, -0.1) is 13.2 Å². The Morgan fingerprint density at radius 3 is 2.46 bits per heavy atom. The van der Waals surface area contributed by atoms with Crippen molar-refractivity contribution in [3.63, 3.8) is 0 Å². The molecular formula is C27H29F4N5O2S. The van der Waals surface area contributed by atoms with Crippen molar-refractivity contribution in [2.24, 2.45) is 7.05 Å². The number of benzene rings is 1. The maximum absolute atomic E-state index is 14.4. The minimum Gasteiger partial charge on any atom is -0.403 e. The second-order valence-corrected chi connectivity index (χ2v) is 12.0. The van der Waals surface area contributed by atoms with E-state index in [0.717, 1.165) is 54.7 Å². The monoisotopic (exact) mass is 563 g/mol. The summed E-state index contributed by atoms with van der Waals surface area (Å²) in [5.41, 5.74) is 3.18. The zero-order valence-electron chi connectivity index (χ0n) is 21.8. The van der Waals surface area contributed by atoms with Crippen LogP contribution in [0.15, 0.2) is 48.9 Å². The van der Waals surface area contributed by atoms with Crippen LogP contribution >= 0.6 is 0 Å². The standard InChI is InChI=1S/C27H29F4N5O2S/c1-26(2,35-10-12-39(37)13-11-35)9-8-19-16-36(20-15-32-34(3)17-20)25-21(19)5-6-23(33-25)18-4-7-24(22(28)14-18)38-27(29,30)31/h4-7,14-17H,8-13H2,1-3H3. The third kappa shape index (κ3) is 6.01. The number of pyridine rings is 1. The summed E-state index contributed by atoms with van der Waals surface area (Å²) >= 11 is 0. The number of ether oxygens (including phenoxy) is 1. The van der Waals surface area contributed by atoms with E-state index < -0.39 is 28.7 Å². The molecule has 0 aliphatic carbocycles. The minimum atomic E-state index is -4.98. The number of aryl methyl sites for hydroxylation is 2. The highest BCUT2D eigenvalue weighted by atomic mass is 32.2. The highest BCUT2D eigenvalue weighted by molar-refractivity contribution is 7.85. The van der Waals surface area contributed by atoms with E-state index in [0.29, 0.717) is 28.4 Å². The van der Waals surface area contributed by atoms with Gasteiger partial charge in [0.05, 0.1) is 17.6 Å². The summed E-state index contributed by atoms with van der Waals surface area (Å²) < 4.78 is 71.3. The molecule has 0 unspecified atom stereocenters. The smallest absolute Gasteiger partial charge is 0.403 e. The zero-order valence-corrected chi connectivity index (χ0v) is 22.7. The molecule has 0 spiro atoms. The zero-order chi connectivity index (χ0) is 27.9. The van der Waals surface area contributed by atoms with Crippen molar-refractivity contribution in [1.29, 1.82) is 0 Å². The van der Waals surface area contributed by atoms with Crippen LogP contribution < -0.4 is 4.74 Å². The second-order valence-electron chi connectivity index (χ2n) is 10.3. The largest absolute Gasteiger partial charge is 0.573 e. The number of fused-ring (bicyclic) bond motifs is 1. The van der Waals surface area contributed by atoms with Gasteiger partial charge in [-0.25, -0.2) is 9.37 Å². The molecule has 4 heterocycles. The Labute approximate surface area is 225 Å². The second kappa shape index (κ2) is 10.4. The summed E-state index contributed by atoms with van der Waals surface area (Å²) in [5, 5.41) is 5.20. The summed E-state index contributed by atoms with van der Waals surface area (Å²) in [6.45, 7) is 6.04. The Bertz CT molecular complexity index is 1520. The van der Waals surface area contributed by atoms with Gasteiger partial charge in [0.15, 0.2) is 11.6 Å². The molecule has 0 atom stereocenters. The molecule has 5 rings (SSSR count). The van der Waals surface area contributed by atoms with Crippen LogP contribution in [0.3, 0.4) is 0 Å². The normalized spacial score (nSPS) is 15.8. The molecule has 1 saturated heterocycles. The van der Waals surface area contributed by atoms with Crippen LogP contribution in [0.2, 0.25) is 0 Å². The van der Waals surface area contributed by atoms with Gasteiger partial charge < -0.3 is 4.74 Å². The Hall–Kier alpha value is -3.25. The maximum atomic E-state index is 14.4. The number of hydrogen-bond acceptors (Lipinski definition) is 5. The molecule has 4 aromatic rings. The Balaban J connectivity index is 1.48. The van der Waals surface area contributed by atoms with Crippen LogP contribution in [0.1, 0.15) is 25.8 Å². The molecule has 1 aliphatic rings. The fourth-order valence-electron chi connectivity index (χ4n) is 4.97. The van der Waals surface area contributed by atoms with E-state index in [4.69, 9.17) is 4.98 Å². The average Bonchev–Trinajstić information content (AvgIpc) is 3.46. The van der Waals surface area contributed by atoms with Crippen molar-refractivity contribution in [3.05, 3.63) is 60.3 Å². The first-order chi connectivity index (χ1) is 18.4. The molecule has 0 radical (unpaired) electrons. The first kappa shape index (κ1) is 27.3. The summed E-state index contributed by atoms with van der Waals surface area (Å²) in [6, 6.07) is 6.94. The lowest BCUT2D eigenvalue weighted by atomic mass is 9.93. The Morgan fingerprint density at radius 2 is 1.82 bits per heavy atom. The molecule has 0 saturated carbocycles. The number of nitrogens with zero attached hydrogens (tertiary/aromatic N) is 5. The number of alkyl halides is 3. The predicted octanol–water partition coefficient (Wildman–Crippen LogP) is 5.24. The lowest BCUT2D eigenvalue weighted by Crippen LogP contribution is -2.50. The van der Waals surface area contributed by atoms with Gasteiger partial charge in [0.2, 0.25) is 0 Å². The molecule has 7 nitrogen and oxygen atoms in total. The average molecular weight is 564 g/mol. The fourth-order valence-corrected chi connectivity index (χ4v) is 6.02. The first-order valence-corrected chi connectivity index (χ1v) is 14.0. The molecule has 0 N–H and O–H groups in total. The molecule has 0 bridgehead atoms. The van der Waals surface area contributed by atoms with Gasteiger partial charge in [0.25, 0.3) is 0 Å². The van der Waals surface area contributed by atoms with Gasteiger partial charge >= 0.3 is 6.36 Å². The topological polar surface area (TPSA) is 65.2 Å². The molecular weight excluding hydrogens is 534 g/mol.